The first-order valence-electron chi connectivity index (χ1n) is 7.92. The molecule has 1 unspecified atom stereocenters. The van der Waals surface area contributed by atoms with Crippen LogP contribution in [0.25, 0.3) is 0 Å². The van der Waals surface area contributed by atoms with Gasteiger partial charge in [0.05, 0.1) is 12.2 Å². The van der Waals surface area contributed by atoms with Crippen molar-refractivity contribution < 1.29 is 4.74 Å². The van der Waals surface area contributed by atoms with Crippen LogP contribution in [-0.2, 0) is 0 Å². The molecule has 0 saturated carbocycles. The Morgan fingerprint density at radius 1 is 1.35 bits per heavy atom. The van der Waals surface area contributed by atoms with Gasteiger partial charge in [0.25, 0.3) is 0 Å². The number of rotatable bonds is 4. The van der Waals surface area contributed by atoms with Crippen LogP contribution < -0.4 is 9.64 Å². The van der Waals surface area contributed by atoms with Crippen molar-refractivity contribution in [1.82, 2.24) is 9.97 Å². The molecular weight excluding hydrogens is 288 g/mol. The summed E-state index contributed by atoms with van der Waals surface area (Å²) in [6, 6.07) is 9.70. The molecular formula is C18H20N4O. The van der Waals surface area contributed by atoms with Gasteiger partial charge in [-0.25, -0.2) is 4.98 Å². The highest BCUT2D eigenvalue weighted by molar-refractivity contribution is 5.53. The highest BCUT2D eigenvalue weighted by Gasteiger charge is 2.23. The minimum absolute atomic E-state index is 0.436. The van der Waals surface area contributed by atoms with Crippen molar-refractivity contribution in [2.75, 3.05) is 24.6 Å². The molecule has 0 spiro atoms. The van der Waals surface area contributed by atoms with Crippen LogP contribution in [0, 0.1) is 24.2 Å². The van der Waals surface area contributed by atoms with Crippen LogP contribution in [0.15, 0.2) is 36.7 Å². The number of nitriles is 1. The van der Waals surface area contributed by atoms with E-state index in [1.165, 1.54) is 0 Å². The van der Waals surface area contributed by atoms with E-state index < -0.39 is 0 Å². The summed E-state index contributed by atoms with van der Waals surface area (Å²) in [5, 5.41) is 9.25. The number of nitrogens with zero attached hydrogens (tertiary/aromatic N) is 4. The minimum Gasteiger partial charge on any atom is -0.493 e. The average molecular weight is 308 g/mol. The first-order chi connectivity index (χ1) is 11.3. The van der Waals surface area contributed by atoms with Gasteiger partial charge in [-0.2, -0.15) is 5.26 Å². The van der Waals surface area contributed by atoms with Crippen molar-refractivity contribution in [3.8, 4) is 11.8 Å². The molecule has 5 heteroatoms. The van der Waals surface area contributed by atoms with E-state index in [1.54, 1.807) is 18.5 Å². The van der Waals surface area contributed by atoms with E-state index in [9.17, 15) is 5.26 Å². The monoisotopic (exact) mass is 308 g/mol. The zero-order chi connectivity index (χ0) is 16.1. The number of piperidine rings is 1. The summed E-state index contributed by atoms with van der Waals surface area (Å²) in [5.74, 6) is 2.09. The third-order valence-corrected chi connectivity index (χ3v) is 4.08. The molecule has 1 atom stereocenters. The Hall–Kier alpha value is -2.61. The minimum atomic E-state index is 0.436. The summed E-state index contributed by atoms with van der Waals surface area (Å²) < 4.78 is 5.91. The van der Waals surface area contributed by atoms with E-state index in [1.807, 2.05) is 25.1 Å². The highest BCUT2D eigenvalue weighted by Crippen LogP contribution is 2.24. The molecule has 0 bridgehead atoms. The van der Waals surface area contributed by atoms with E-state index in [0.29, 0.717) is 18.1 Å². The molecule has 0 radical (unpaired) electrons. The van der Waals surface area contributed by atoms with E-state index in [0.717, 1.165) is 43.2 Å². The van der Waals surface area contributed by atoms with E-state index in [4.69, 9.17) is 4.74 Å². The maximum atomic E-state index is 9.25. The zero-order valence-electron chi connectivity index (χ0n) is 13.3. The lowest BCUT2D eigenvalue weighted by molar-refractivity contribution is 0.228. The van der Waals surface area contributed by atoms with Gasteiger partial charge in [-0.15, -0.1) is 0 Å². The fraction of sp³-hybridized carbons (Fsp3) is 0.389. The summed E-state index contributed by atoms with van der Waals surface area (Å²) >= 11 is 0. The summed E-state index contributed by atoms with van der Waals surface area (Å²) in [7, 11) is 0. The van der Waals surface area contributed by atoms with Crippen LogP contribution in [-0.4, -0.2) is 29.7 Å². The summed E-state index contributed by atoms with van der Waals surface area (Å²) in [4.78, 5) is 10.8. The molecule has 0 amide bonds. The lowest BCUT2D eigenvalue weighted by Crippen LogP contribution is -2.38. The predicted octanol–water partition coefficient (Wildman–Crippen LogP) is 2.95. The lowest BCUT2D eigenvalue weighted by atomic mass is 9.98. The molecule has 1 fully saturated rings. The topological polar surface area (TPSA) is 62.0 Å². The van der Waals surface area contributed by atoms with E-state index in [2.05, 4.69) is 20.9 Å². The third kappa shape index (κ3) is 3.78. The molecule has 0 aliphatic carbocycles. The summed E-state index contributed by atoms with van der Waals surface area (Å²) in [6.45, 7) is 4.45. The Morgan fingerprint density at radius 3 is 3.09 bits per heavy atom. The average Bonchev–Trinajstić information content (AvgIpc) is 2.60. The first kappa shape index (κ1) is 15.3. The smallest absolute Gasteiger partial charge is 0.146 e. The standard InChI is InChI=1S/C18H20N4O/c1-14-10-17(6-8-20-14)23-13-15-4-3-9-22(12-15)18-16(11-19)5-2-7-21-18/h2,5-8,10,15H,3-4,9,12-13H2,1H3. The van der Waals surface area contributed by atoms with Gasteiger partial charge in [-0.1, -0.05) is 0 Å². The molecule has 3 heterocycles. The van der Waals surface area contributed by atoms with E-state index in [-0.39, 0.29) is 0 Å². The number of hydrogen-bond donors (Lipinski definition) is 0. The molecule has 5 nitrogen and oxygen atoms in total. The molecule has 23 heavy (non-hydrogen) atoms. The molecule has 1 aliphatic rings. The fourth-order valence-corrected chi connectivity index (χ4v) is 2.95. The molecule has 1 saturated heterocycles. The SMILES string of the molecule is Cc1cc(OCC2CCCN(c3ncccc3C#N)C2)ccn1. The molecule has 1 aliphatic heterocycles. The number of aromatic nitrogens is 2. The largest absolute Gasteiger partial charge is 0.493 e. The zero-order valence-corrected chi connectivity index (χ0v) is 13.3. The number of pyridine rings is 2. The second-order valence-electron chi connectivity index (χ2n) is 5.88. The van der Waals surface area contributed by atoms with Crippen LogP contribution in [0.2, 0.25) is 0 Å². The Labute approximate surface area is 136 Å². The maximum Gasteiger partial charge on any atom is 0.146 e. The van der Waals surface area contributed by atoms with Crippen molar-refractivity contribution in [3.05, 3.63) is 47.9 Å². The third-order valence-electron chi connectivity index (χ3n) is 4.08. The molecule has 3 rings (SSSR count). The van der Waals surface area contributed by atoms with Crippen molar-refractivity contribution in [1.29, 1.82) is 5.26 Å². The first-order valence-corrected chi connectivity index (χ1v) is 7.92. The van der Waals surface area contributed by atoms with Gasteiger partial charge in [0.15, 0.2) is 0 Å². The Morgan fingerprint density at radius 2 is 2.26 bits per heavy atom. The molecule has 2 aromatic heterocycles. The lowest BCUT2D eigenvalue weighted by Gasteiger charge is -2.33. The normalized spacial score (nSPS) is 17.6. The van der Waals surface area contributed by atoms with Gasteiger partial charge < -0.3 is 9.64 Å². The quantitative estimate of drug-likeness (QED) is 0.869. The van der Waals surface area contributed by atoms with Gasteiger partial charge in [0.2, 0.25) is 0 Å². The fourth-order valence-electron chi connectivity index (χ4n) is 2.95. The molecule has 118 valence electrons. The summed E-state index contributed by atoms with van der Waals surface area (Å²) in [6.07, 6.45) is 5.74. The Balaban J connectivity index is 1.63. The van der Waals surface area contributed by atoms with Gasteiger partial charge >= 0.3 is 0 Å². The van der Waals surface area contributed by atoms with Crippen LogP contribution in [0.1, 0.15) is 24.1 Å². The van der Waals surface area contributed by atoms with Crippen LogP contribution in [0.4, 0.5) is 5.82 Å². The van der Waals surface area contributed by atoms with Crippen molar-refractivity contribution in [3.63, 3.8) is 0 Å². The van der Waals surface area contributed by atoms with E-state index >= 15 is 0 Å². The molecule has 0 aromatic carbocycles. The second-order valence-corrected chi connectivity index (χ2v) is 5.88. The van der Waals surface area contributed by atoms with Crippen LogP contribution in [0.3, 0.4) is 0 Å². The predicted molar refractivity (Wildman–Crippen MR) is 88.4 cm³/mol. The van der Waals surface area contributed by atoms with Gasteiger partial charge in [-0.3, -0.25) is 4.98 Å². The number of ether oxygens (including phenoxy) is 1. The summed E-state index contributed by atoms with van der Waals surface area (Å²) in [5.41, 5.74) is 1.60. The molecule has 2 aromatic rings. The number of anilines is 1. The second kappa shape index (κ2) is 7.10. The Kier molecular flexibility index (Phi) is 4.72. The Bertz CT molecular complexity index is 710. The van der Waals surface area contributed by atoms with Crippen LogP contribution >= 0.6 is 0 Å². The number of aryl methyl sites for hydroxylation is 1. The molecule has 0 N–H and O–H groups in total. The van der Waals surface area contributed by atoms with Gasteiger partial charge in [0.1, 0.15) is 17.6 Å². The van der Waals surface area contributed by atoms with Crippen LogP contribution in [0.5, 0.6) is 5.75 Å². The number of hydrogen-bond acceptors (Lipinski definition) is 5. The van der Waals surface area contributed by atoms with Crippen molar-refractivity contribution >= 4 is 5.82 Å². The van der Waals surface area contributed by atoms with Crippen molar-refractivity contribution in [2.45, 2.75) is 19.8 Å². The maximum absolute atomic E-state index is 9.25. The van der Waals surface area contributed by atoms with Gasteiger partial charge in [-0.05, 0) is 38.0 Å². The van der Waals surface area contributed by atoms with Crippen molar-refractivity contribution in [2.24, 2.45) is 5.92 Å². The highest BCUT2D eigenvalue weighted by atomic mass is 16.5. The van der Waals surface area contributed by atoms with Gasteiger partial charge in [0, 0.05) is 43.2 Å².